The number of ether oxygens (including phenoxy) is 2. The Balaban J connectivity index is 1.80. The Morgan fingerprint density at radius 1 is 1.24 bits per heavy atom. The Labute approximate surface area is 102 Å². The van der Waals surface area contributed by atoms with Gasteiger partial charge in [0.1, 0.15) is 0 Å². The summed E-state index contributed by atoms with van der Waals surface area (Å²) in [6, 6.07) is 0.187. The molecule has 0 saturated carbocycles. The van der Waals surface area contributed by atoms with E-state index in [2.05, 4.69) is 5.32 Å². The highest BCUT2D eigenvalue weighted by Crippen LogP contribution is 2.37. The van der Waals surface area contributed by atoms with E-state index in [9.17, 15) is 4.79 Å². The van der Waals surface area contributed by atoms with Gasteiger partial charge in [0.05, 0.1) is 18.6 Å². The standard InChI is InChI=1S/C12H22N2O3/c1-9(2)13-10(15)14-5-12(6-14)7-16-11(3,4)17-8-12/h9H,5-8H2,1-4H3,(H,13,15). The molecule has 2 fully saturated rings. The zero-order valence-corrected chi connectivity index (χ0v) is 11.1. The molecule has 1 N–H and O–H groups in total. The Hall–Kier alpha value is -0.810. The van der Waals surface area contributed by atoms with Crippen molar-refractivity contribution in [2.45, 2.75) is 39.5 Å². The van der Waals surface area contributed by atoms with Gasteiger partial charge < -0.3 is 19.7 Å². The molecule has 5 nitrogen and oxygen atoms in total. The Morgan fingerprint density at radius 2 is 1.76 bits per heavy atom. The van der Waals surface area contributed by atoms with Crippen molar-refractivity contribution in [3.05, 3.63) is 0 Å². The molecule has 17 heavy (non-hydrogen) atoms. The lowest BCUT2D eigenvalue weighted by atomic mass is 9.80. The van der Waals surface area contributed by atoms with Crippen LogP contribution in [0.3, 0.4) is 0 Å². The van der Waals surface area contributed by atoms with Gasteiger partial charge in [-0.2, -0.15) is 0 Å². The Bertz CT molecular complexity index is 297. The van der Waals surface area contributed by atoms with Crippen LogP contribution in [0.2, 0.25) is 0 Å². The second-order valence-corrected chi connectivity index (χ2v) is 5.94. The van der Waals surface area contributed by atoms with E-state index in [1.807, 2.05) is 32.6 Å². The zero-order valence-electron chi connectivity index (χ0n) is 11.1. The van der Waals surface area contributed by atoms with Crippen molar-refractivity contribution in [1.29, 1.82) is 0 Å². The molecule has 2 aliphatic heterocycles. The maximum Gasteiger partial charge on any atom is 0.317 e. The number of amides is 2. The second kappa shape index (κ2) is 4.14. The SMILES string of the molecule is CC(C)NC(=O)N1CC2(COC(C)(C)OC2)C1. The second-order valence-electron chi connectivity index (χ2n) is 5.94. The summed E-state index contributed by atoms with van der Waals surface area (Å²) >= 11 is 0. The van der Waals surface area contributed by atoms with Crippen LogP contribution in [0.5, 0.6) is 0 Å². The summed E-state index contributed by atoms with van der Waals surface area (Å²) in [4.78, 5) is 13.5. The normalized spacial score (nSPS) is 25.8. The van der Waals surface area contributed by atoms with Crippen molar-refractivity contribution < 1.29 is 14.3 Å². The van der Waals surface area contributed by atoms with E-state index in [0.717, 1.165) is 13.1 Å². The van der Waals surface area contributed by atoms with Crippen molar-refractivity contribution >= 4 is 6.03 Å². The molecule has 0 bridgehead atoms. The molecule has 2 rings (SSSR count). The van der Waals surface area contributed by atoms with Crippen molar-refractivity contribution in [2.75, 3.05) is 26.3 Å². The third-order valence-corrected chi connectivity index (χ3v) is 3.20. The molecule has 0 atom stereocenters. The average Bonchev–Trinajstić information content (AvgIpc) is 2.13. The van der Waals surface area contributed by atoms with E-state index in [-0.39, 0.29) is 17.5 Å². The molecule has 2 aliphatic rings. The Kier molecular flexibility index (Phi) is 3.08. The van der Waals surface area contributed by atoms with Crippen LogP contribution >= 0.6 is 0 Å². The van der Waals surface area contributed by atoms with Crippen molar-refractivity contribution in [3.63, 3.8) is 0 Å². The topological polar surface area (TPSA) is 50.8 Å². The van der Waals surface area contributed by atoms with E-state index < -0.39 is 5.79 Å². The van der Waals surface area contributed by atoms with Crippen LogP contribution in [0.15, 0.2) is 0 Å². The van der Waals surface area contributed by atoms with E-state index in [1.165, 1.54) is 0 Å². The molecule has 0 aromatic heterocycles. The number of urea groups is 1. The first-order valence-corrected chi connectivity index (χ1v) is 6.15. The lowest BCUT2D eigenvalue weighted by Crippen LogP contribution is -2.67. The van der Waals surface area contributed by atoms with Crippen LogP contribution in [-0.2, 0) is 9.47 Å². The van der Waals surface area contributed by atoms with Gasteiger partial charge in [-0.3, -0.25) is 0 Å². The van der Waals surface area contributed by atoms with Gasteiger partial charge in [-0.1, -0.05) is 0 Å². The summed E-state index contributed by atoms with van der Waals surface area (Å²) in [6.07, 6.45) is 0. The molecule has 0 unspecified atom stereocenters. The summed E-state index contributed by atoms with van der Waals surface area (Å²) < 4.78 is 11.3. The third kappa shape index (κ3) is 2.72. The molecule has 0 aliphatic carbocycles. The average molecular weight is 242 g/mol. The van der Waals surface area contributed by atoms with Crippen molar-refractivity contribution in [2.24, 2.45) is 5.41 Å². The third-order valence-electron chi connectivity index (χ3n) is 3.20. The maximum atomic E-state index is 11.7. The van der Waals surface area contributed by atoms with Gasteiger partial charge in [-0.15, -0.1) is 0 Å². The monoisotopic (exact) mass is 242 g/mol. The molecule has 2 saturated heterocycles. The summed E-state index contributed by atoms with van der Waals surface area (Å²) in [7, 11) is 0. The first-order chi connectivity index (χ1) is 7.82. The van der Waals surface area contributed by atoms with Gasteiger partial charge in [0.25, 0.3) is 0 Å². The zero-order chi connectivity index (χ0) is 12.7. The molecular formula is C12H22N2O3. The maximum absolute atomic E-state index is 11.7. The first-order valence-electron chi connectivity index (χ1n) is 6.15. The molecule has 98 valence electrons. The van der Waals surface area contributed by atoms with E-state index >= 15 is 0 Å². The Morgan fingerprint density at radius 3 is 2.24 bits per heavy atom. The minimum atomic E-state index is -0.480. The number of hydrogen-bond acceptors (Lipinski definition) is 3. The van der Waals surface area contributed by atoms with Crippen molar-refractivity contribution in [1.82, 2.24) is 10.2 Å². The van der Waals surface area contributed by atoms with Crippen LogP contribution < -0.4 is 5.32 Å². The van der Waals surface area contributed by atoms with Crippen LogP contribution in [0.1, 0.15) is 27.7 Å². The van der Waals surface area contributed by atoms with Crippen molar-refractivity contribution in [3.8, 4) is 0 Å². The smallest absolute Gasteiger partial charge is 0.317 e. The van der Waals surface area contributed by atoms with Crippen LogP contribution in [0.25, 0.3) is 0 Å². The summed E-state index contributed by atoms with van der Waals surface area (Å²) in [5.41, 5.74) is 0.0177. The molecule has 5 heteroatoms. The van der Waals surface area contributed by atoms with E-state index in [0.29, 0.717) is 13.2 Å². The van der Waals surface area contributed by atoms with Gasteiger partial charge >= 0.3 is 6.03 Å². The molecule has 2 amide bonds. The quantitative estimate of drug-likeness (QED) is 0.751. The molecular weight excluding hydrogens is 220 g/mol. The largest absolute Gasteiger partial charge is 0.350 e. The summed E-state index contributed by atoms with van der Waals surface area (Å²) in [5.74, 6) is -0.480. The highest BCUT2D eigenvalue weighted by Gasteiger charge is 2.50. The lowest BCUT2D eigenvalue weighted by molar-refractivity contribution is -0.301. The number of carbonyl (C=O) groups is 1. The molecule has 0 aromatic carbocycles. The predicted molar refractivity (Wildman–Crippen MR) is 63.7 cm³/mol. The van der Waals surface area contributed by atoms with Gasteiger partial charge in [-0.25, -0.2) is 4.79 Å². The number of hydrogen-bond donors (Lipinski definition) is 1. The minimum absolute atomic E-state index is 0.00968. The molecule has 0 radical (unpaired) electrons. The number of nitrogens with zero attached hydrogens (tertiary/aromatic N) is 1. The van der Waals surface area contributed by atoms with Gasteiger partial charge in [0.2, 0.25) is 0 Å². The van der Waals surface area contributed by atoms with E-state index in [1.54, 1.807) is 0 Å². The molecule has 0 aromatic rings. The fraction of sp³-hybridized carbons (Fsp3) is 0.917. The van der Waals surface area contributed by atoms with Crippen LogP contribution in [-0.4, -0.2) is 49.1 Å². The van der Waals surface area contributed by atoms with Crippen LogP contribution in [0, 0.1) is 5.41 Å². The van der Waals surface area contributed by atoms with Crippen LogP contribution in [0.4, 0.5) is 4.79 Å². The molecule has 2 heterocycles. The minimum Gasteiger partial charge on any atom is -0.350 e. The summed E-state index contributed by atoms with van der Waals surface area (Å²) in [5, 5.41) is 2.89. The number of carbonyl (C=O) groups excluding carboxylic acids is 1. The number of nitrogens with one attached hydrogen (secondary N) is 1. The van der Waals surface area contributed by atoms with Gasteiger partial charge in [0.15, 0.2) is 5.79 Å². The predicted octanol–water partition coefficient (Wildman–Crippen LogP) is 1.19. The number of likely N-dealkylation sites (tertiary alicyclic amines) is 1. The van der Waals surface area contributed by atoms with E-state index in [4.69, 9.17) is 9.47 Å². The first kappa shape index (κ1) is 12.6. The van der Waals surface area contributed by atoms with Gasteiger partial charge in [0, 0.05) is 19.1 Å². The highest BCUT2D eigenvalue weighted by molar-refractivity contribution is 5.75. The molecule has 1 spiro atoms. The highest BCUT2D eigenvalue weighted by atomic mass is 16.7. The van der Waals surface area contributed by atoms with Gasteiger partial charge in [-0.05, 0) is 27.7 Å². The lowest BCUT2D eigenvalue weighted by Gasteiger charge is -2.53. The fourth-order valence-corrected chi connectivity index (χ4v) is 2.16. The number of rotatable bonds is 1. The fourth-order valence-electron chi connectivity index (χ4n) is 2.16. The summed E-state index contributed by atoms with van der Waals surface area (Å²) in [6.45, 7) is 10.6.